The molecule has 0 spiro atoms. The van der Waals surface area contributed by atoms with Crippen molar-refractivity contribution in [1.29, 1.82) is 0 Å². The van der Waals surface area contributed by atoms with Crippen molar-refractivity contribution in [3.8, 4) is 11.1 Å². The number of nitrogens with one attached hydrogen (secondary N) is 2. The Morgan fingerprint density at radius 3 is 2.29 bits per heavy atom. The van der Waals surface area contributed by atoms with Crippen molar-refractivity contribution < 1.29 is 38.4 Å². The van der Waals surface area contributed by atoms with Crippen molar-refractivity contribution in [2.75, 3.05) is 20.2 Å². The minimum Gasteiger partial charge on any atom is -0.467 e. The fraction of sp³-hybridized carbons (Fsp3) is 0.400. The van der Waals surface area contributed by atoms with Crippen LogP contribution >= 0.6 is 0 Å². The van der Waals surface area contributed by atoms with Crippen LogP contribution in [-0.2, 0) is 48.1 Å². The molecule has 11 heteroatoms. The fourth-order valence-corrected chi connectivity index (χ4v) is 7.28. The Morgan fingerprint density at radius 1 is 0.857 bits per heavy atom. The van der Waals surface area contributed by atoms with Crippen molar-refractivity contribution >= 4 is 18.0 Å². The van der Waals surface area contributed by atoms with E-state index in [-0.39, 0.29) is 37.4 Å². The van der Waals surface area contributed by atoms with Gasteiger partial charge in [-0.05, 0) is 85.7 Å². The van der Waals surface area contributed by atoms with Crippen LogP contribution in [0.1, 0.15) is 80.2 Å². The minimum atomic E-state index is -0.832. The zero-order valence-corrected chi connectivity index (χ0v) is 32.6. The zero-order chi connectivity index (χ0) is 39.7. The van der Waals surface area contributed by atoms with Gasteiger partial charge in [0, 0.05) is 31.5 Å². The van der Waals surface area contributed by atoms with E-state index in [0.29, 0.717) is 19.4 Å². The van der Waals surface area contributed by atoms with E-state index in [1.807, 2.05) is 118 Å². The van der Waals surface area contributed by atoms with Crippen LogP contribution in [0.5, 0.6) is 0 Å². The Bertz CT molecular complexity index is 1930. The lowest BCUT2D eigenvalue weighted by Gasteiger charge is -2.38. The maximum Gasteiger partial charge on any atom is 0.328 e. The number of urea groups is 1. The van der Waals surface area contributed by atoms with E-state index in [9.17, 15) is 19.5 Å². The van der Waals surface area contributed by atoms with Gasteiger partial charge in [-0.15, -0.1) is 0 Å². The van der Waals surface area contributed by atoms with Crippen LogP contribution in [0, 0.1) is 0 Å². The number of esters is 2. The Balaban J connectivity index is 1.15. The molecule has 2 heterocycles. The molecule has 4 aromatic rings. The molecular weight excluding hydrogens is 711 g/mol. The number of hydrogen-bond donors (Lipinski definition) is 3. The Kier molecular flexibility index (Phi) is 13.6. The second-order valence-corrected chi connectivity index (χ2v) is 15.5. The van der Waals surface area contributed by atoms with Gasteiger partial charge in [0.05, 0.1) is 25.9 Å². The molecule has 11 nitrogen and oxygen atoms in total. The quantitative estimate of drug-likeness (QED) is 0.126. The van der Waals surface area contributed by atoms with Gasteiger partial charge < -0.3 is 34.7 Å². The topological polar surface area (TPSA) is 136 Å². The lowest BCUT2D eigenvalue weighted by molar-refractivity contribution is -0.253. The normalized spacial score (nSPS) is 20.5. The van der Waals surface area contributed by atoms with Crippen LogP contribution in [0.3, 0.4) is 0 Å². The molecule has 56 heavy (non-hydrogen) atoms. The van der Waals surface area contributed by atoms with Gasteiger partial charge in [-0.25, -0.2) is 9.59 Å². The summed E-state index contributed by atoms with van der Waals surface area (Å²) in [5.41, 5.74) is 5.78. The number of likely N-dealkylation sites (tertiary alicyclic amines) is 1. The summed E-state index contributed by atoms with van der Waals surface area (Å²) in [6.45, 7) is 7.22. The molecular formula is C45H53N3O8. The molecule has 0 saturated carbocycles. The van der Waals surface area contributed by atoms with Gasteiger partial charge in [0.15, 0.2) is 6.29 Å². The third-order valence-electron chi connectivity index (χ3n) is 10.0. The molecule has 5 atom stereocenters. The highest BCUT2D eigenvalue weighted by Gasteiger charge is 2.39. The second kappa shape index (κ2) is 18.7. The van der Waals surface area contributed by atoms with Gasteiger partial charge in [0.2, 0.25) is 0 Å². The third kappa shape index (κ3) is 11.0. The maximum atomic E-state index is 13.2. The first-order valence-electron chi connectivity index (χ1n) is 19.3. The van der Waals surface area contributed by atoms with Crippen molar-refractivity contribution in [3.05, 3.63) is 131 Å². The van der Waals surface area contributed by atoms with E-state index < -0.39 is 29.9 Å². The van der Waals surface area contributed by atoms with Crippen LogP contribution < -0.4 is 10.6 Å². The Labute approximate surface area is 329 Å². The summed E-state index contributed by atoms with van der Waals surface area (Å²) in [5, 5.41) is 15.3. The summed E-state index contributed by atoms with van der Waals surface area (Å²) in [6, 6.07) is 31.6. The van der Waals surface area contributed by atoms with E-state index in [1.54, 1.807) is 0 Å². The molecule has 2 aliphatic heterocycles. The Morgan fingerprint density at radius 2 is 1.57 bits per heavy atom. The molecule has 2 fully saturated rings. The number of ether oxygens (including phenoxy) is 4. The molecule has 2 saturated heterocycles. The van der Waals surface area contributed by atoms with Crippen molar-refractivity contribution in [2.45, 2.75) is 95.8 Å². The number of amides is 2. The monoisotopic (exact) mass is 763 g/mol. The smallest absolute Gasteiger partial charge is 0.328 e. The van der Waals surface area contributed by atoms with Crippen LogP contribution in [-0.4, -0.2) is 72.0 Å². The third-order valence-corrected chi connectivity index (χ3v) is 10.0. The van der Waals surface area contributed by atoms with Crippen LogP contribution in [0.25, 0.3) is 11.1 Å². The molecule has 0 aromatic heterocycles. The van der Waals surface area contributed by atoms with E-state index >= 15 is 0 Å². The number of hydrogen-bond acceptors (Lipinski definition) is 9. The maximum absolute atomic E-state index is 13.2. The number of aliphatic hydroxyl groups is 1. The number of benzene rings is 4. The summed E-state index contributed by atoms with van der Waals surface area (Å²) >= 11 is 0. The molecule has 6 rings (SSSR count). The number of aliphatic hydroxyl groups excluding tert-OH is 1. The van der Waals surface area contributed by atoms with Crippen molar-refractivity contribution in [2.24, 2.45) is 0 Å². The average Bonchev–Trinajstić information content (AvgIpc) is 3.67. The predicted molar refractivity (Wildman–Crippen MR) is 212 cm³/mol. The van der Waals surface area contributed by atoms with E-state index in [2.05, 4.69) is 21.6 Å². The first-order valence-corrected chi connectivity index (χ1v) is 19.3. The van der Waals surface area contributed by atoms with E-state index in [1.165, 1.54) is 7.11 Å². The largest absolute Gasteiger partial charge is 0.467 e. The number of methoxy groups -OCH3 is 1. The number of nitrogens with zero attached hydrogens (tertiary/aromatic N) is 1. The summed E-state index contributed by atoms with van der Waals surface area (Å²) in [6.07, 6.45) is 1.39. The Hall–Kier alpha value is -5.07. The summed E-state index contributed by atoms with van der Waals surface area (Å²) < 4.78 is 24.1. The lowest BCUT2D eigenvalue weighted by atomic mass is 9.98. The van der Waals surface area contributed by atoms with Gasteiger partial charge in [0.1, 0.15) is 17.7 Å². The molecule has 2 aliphatic rings. The standard InChI is InChI=1S/C45H53N3O8/c1-45(2,3)56-42(51)39-17-10-22-48(39)28-37-26-40(33-20-18-31(29-49)19-21-33)55-43(54-37)36-16-9-15-35(25-36)34-14-8-13-32(23-34)27-46-44(52)47-38(41(50)53-4)24-30-11-6-5-7-12-30/h5-9,11-16,18-21,23,25,37-40,43,49H,10,17,22,24,26-29H2,1-4H3,(H2,46,47,52)/t37-,38+,39+,40+,43+/m1/s1. The van der Waals surface area contributed by atoms with Gasteiger partial charge in [-0.3, -0.25) is 9.69 Å². The number of carbonyl (C=O) groups excluding carboxylic acids is 3. The molecule has 2 amide bonds. The molecule has 4 aromatic carbocycles. The first-order chi connectivity index (χ1) is 27.0. The minimum absolute atomic E-state index is 0.0386. The van der Waals surface area contributed by atoms with E-state index in [4.69, 9.17) is 18.9 Å². The highest BCUT2D eigenvalue weighted by molar-refractivity contribution is 5.83. The van der Waals surface area contributed by atoms with Crippen molar-refractivity contribution in [3.63, 3.8) is 0 Å². The SMILES string of the molecule is COC(=O)[C@H](Cc1ccccc1)NC(=O)NCc1cccc(-c2cccc([C@H]3O[C@@H](CN4CCC[C@H]4C(=O)OC(C)(C)C)C[C@@H](c4ccc(CO)cc4)O3)c2)c1. The number of rotatable bonds is 13. The van der Waals surface area contributed by atoms with Gasteiger partial charge in [0.25, 0.3) is 0 Å². The summed E-state index contributed by atoms with van der Waals surface area (Å²) in [4.78, 5) is 40.7. The summed E-state index contributed by atoms with van der Waals surface area (Å²) in [7, 11) is 1.30. The van der Waals surface area contributed by atoms with Gasteiger partial charge >= 0.3 is 18.0 Å². The number of carbonyl (C=O) groups is 3. The van der Waals surface area contributed by atoms with E-state index in [0.717, 1.165) is 58.3 Å². The van der Waals surface area contributed by atoms with Crippen molar-refractivity contribution in [1.82, 2.24) is 15.5 Å². The molecule has 0 radical (unpaired) electrons. The van der Waals surface area contributed by atoms with Gasteiger partial charge in [-0.1, -0.05) is 91.0 Å². The van der Waals surface area contributed by atoms with Crippen LogP contribution in [0.4, 0.5) is 4.79 Å². The zero-order valence-electron chi connectivity index (χ0n) is 32.6. The fourth-order valence-electron chi connectivity index (χ4n) is 7.28. The molecule has 3 N–H and O–H groups in total. The lowest BCUT2D eigenvalue weighted by Crippen LogP contribution is -2.47. The molecule has 0 aliphatic carbocycles. The molecule has 0 unspecified atom stereocenters. The van der Waals surface area contributed by atoms with Crippen LogP contribution in [0.2, 0.25) is 0 Å². The van der Waals surface area contributed by atoms with Gasteiger partial charge in [-0.2, -0.15) is 0 Å². The first kappa shape index (κ1) is 40.6. The molecule has 0 bridgehead atoms. The highest BCUT2D eigenvalue weighted by atomic mass is 16.7. The van der Waals surface area contributed by atoms with Crippen LogP contribution in [0.15, 0.2) is 103 Å². The second-order valence-electron chi connectivity index (χ2n) is 15.5. The molecule has 296 valence electrons. The summed E-state index contributed by atoms with van der Waals surface area (Å²) in [5.74, 6) is -0.718. The average molecular weight is 764 g/mol. The highest BCUT2D eigenvalue weighted by Crippen LogP contribution is 2.40. The predicted octanol–water partition coefficient (Wildman–Crippen LogP) is 6.78.